The minimum absolute atomic E-state index is 0.0185. The molecule has 0 aromatic rings. The van der Waals surface area contributed by atoms with Crippen LogP contribution in [-0.4, -0.2) is 61.9 Å². The molecule has 0 aromatic heterocycles. The highest BCUT2D eigenvalue weighted by Gasteiger charge is 2.12. The molecule has 0 saturated carbocycles. The summed E-state index contributed by atoms with van der Waals surface area (Å²) in [6.45, 7) is 4.30. The molecule has 0 unspecified atom stereocenters. The Morgan fingerprint density at radius 1 is 1.18 bits per heavy atom. The van der Waals surface area contributed by atoms with Gasteiger partial charge in [0, 0.05) is 39.5 Å². The maximum absolute atomic E-state index is 11.8. The van der Waals surface area contributed by atoms with Gasteiger partial charge in [-0.05, 0) is 46.2 Å². The monoisotopic (exact) mass is 309 g/mol. The summed E-state index contributed by atoms with van der Waals surface area (Å²) >= 11 is 0. The van der Waals surface area contributed by atoms with Crippen molar-refractivity contribution in [2.75, 3.05) is 40.3 Å². The van der Waals surface area contributed by atoms with Gasteiger partial charge in [0.15, 0.2) is 0 Å². The summed E-state index contributed by atoms with van der Waals surface area (Å²) in [6.07, 6.45) is 8.53. The van der Waals surface area contributed by atoms with Crippen LogP contribution in [0, 0.1) is 0 Å². The van der Waals surface area contributed by atoms with Crippen LogP contribution < -0.4 is 5.32 Å². The quantitative estimate of drug-likeness (QED) is 0.661. The number of nitrogens with one attached hydrogen (secondary N) is 1. The molecular weight excluding hydrogens is 278 g/mol. The number of hydrogen-bond donors (Lipinski definition) is 1. The summed E-state index contributed by atoms with van der Waals surface area (Å²) in [5.41, 5.74) is 1.47. The van der Waals surface area contributed by atoms with Crippen LogP contribution in [0.25, 0.3) is 0 Å². The number of carbonyl (C=O) groups excluding carboxylic acids is 2. The summed E-state index contributed by atoms with van der Waals surface area (Å²) in [6, 6.07) is 0. The van der Waals surface area contributed by atoms with Crippen molar-refractivity contribution < 1.29 is 9.59 Å². The van der Waals surface area contributed by atoms with Crippen LogP contribution in [0.1, 0.15) is 45.4 Å². The summed E-state index contributed by atoms with van der Waals surface area (Å²) in [5.74, 6) is 0.0717. The predicted molar refractivity (Wildman–Crippen MR) is 89.6 cm³/mol. The van der Waals surface area contributed by atoms with E-state index in [1.54, 1.807) is 11.8 Å². The molecule has 0 aliphatic heterocycles. The second-order valence-corrected chi connectivity index (χ2v) is 6.27. The molecule has 0 radical (unpaired) electrons. The molecule has 5 heteroatoms. The van der Waals surface area contributed by atoms with Gasteiger partial charge in [-0.2, -0.15) is 0 Å². The molecule has 1 aliphatic rings. The molecule has 0 aromatic carbocycles. The van der Waals surface area contributed by atoms with E-state index in [9.17, 15) is 9.59 Å². The van der Waals surface area contributed by atoms with Crippen molar-refractivity contribution in [1.82, 2.24) is 15.1 Å². The standard InChI is InChI=1S/C17H31N3O2/c1-15(21)20(12-9-16-7-5-4-6-8-16)13-10-17(22)18-11-14-19(2)3/h7H,4-6,8-14H2,1-3H3,(H,18,22). The van der Waals surface area contributed by atoms with E-state index in [4.69, 9.17) is 0 Å². The van der Waals surface area contributed by atoms with Crippen molar-refractivity contribution in [3.05, 3.63) is 11.6 Å². The average molecular weight is 309 g/mol. The van der Waals surface area contributed by atoms with Crippen molar-refractivity contribution in [1.29, 1.82) is 0 Å². The zero-order valence-corrected chi connectivity index (χ0v) is 14.4. The lowest BCUT2D eigenvalue weighted by Gasteiger charge is -2.22. The van der Waals surface area contributed by atoms with E-state index in [1.807, 2.05) is 19.0 Å². The lowest BCUT2D eigenvalue weighted by atomic mass is 9.97. The van der Waals surface area contributed by atoms with Crippen molar-refractivity contribution in [3.63, 3.8) is 0 Å². The summed E-state index contributed by atoms with van der Waals surface area (Å²) in [4.78, 5) is 27.3. The Morgan fingerprint density at radius 3 is 2.55 bits per heavy atom. The number of carbonyl (C=O) groups is 2. The Hall–Kier alpha value is -1.36. The third-order valence-electron chi connectivity index (χ3n) is 4.02. The number of nitrogens with zero attached hydrogens (tertiary/aromatic N) is 2. The van der Waals surface area contributed by atoms with E-state index in [2.05, 4.69) is 11.4 Å². The molecule has 126 valence electrons. The van der Waals surface area contributed by atoms with Crippen LogP contribution in [0.2, 0.25) is 0 Å². The minimum Gasteiger partial charge on any atom is -0.355 e. The maximum Gasteiger partial charge on any atom is 0.221 e. The van der Waals surface area contributed by atoms with Crippen molar-refractivity contribution in [3.8, 4) is 0 Å². The molecule has 0 atom stereocenters. The normalized spacial score (nSPS) is 14.6. The highest BCUT2D eigenvalue weighted by molar-refractivity contribution is 5.78. The molecule has 1 aliphatic carbocycles. The number of hydrogen-bond acceptors (Lipinski definition) is 3. The number of likely N-dealkylation sites (N-methyl/N-ethyl adjacent to an activating group) is 1. The molecule has 0 spiro atoms. The first-order valence-corrected chi connectivity index (χ1v) is 8.34. The number of rotatable bonds is 9. The van der Waals surface area contributed by atoms with Gasteiger partial charge in [-0.3, -0.25) is 9.59 Å². The van der Waals surface area contributed by atoms with Crippen LogP contribution in [-0.2, 0) is 9.59 Å². The molecule has 1 N–H and O–H groups in total. The van der Waals surface area contributed by atoms with Gasteiger partial charge in [0.2, 0.25) is 11.8 Å². The van der Waals surface area contributed by atoms with E-state index in [0.717, 1.165) is 25.9 Å². The minimum atomic E-state index is 0.0185. The first-order chi connectivity index (χ1) is 10.5. The van der Waals surface area contributed by atoms with Gasteiger partial charge in [-0.15, -0.1) is 0 Å². The topological polar surface area (TPSA) is 52.7 Å². The van der Waals surface area contributed by atoms with Gasteiger partial charge in [0.1, 0.15) is 0 Å². The third-order valence-corrected chi connectivity index (χ3v) is 4.02. The highest BCUT2D eigenvalue weighted by Crippen LogP contribution is 2.20. The lowest BCUT2D eigenvalue weighted by molar-refractivity contribution is -0.129. The Bertz CT molecular complexity index is 391. The molecule has 0 bridgehead atoms. The number of amides is 2. The zero-order valence-electron chi connectivity index (χ0n) is 14.4. The van der Waals surface area contributed by atoms with E-state index in [-0.39, 0.29) is 11.8 Å². The molecule has 0 heterocycles. The molecule has 5 nitrogen and oxygen atoms in total. The van der Waals surface area contributed by atoms with E-state index in [0.29, 0.717) is 19.5 Å². The van der Waals surface area contributed by atoms with Gasteiger partial charge in [-0.1, -0.05) is 11.6 Å². The Morgan fingerprint density at radius 2 is 1.95 bits per heavy atom. The molecule has 0 saturated heterocycles. The number of allylic oxidation sites excluding steroid dienone is 1. The van der Waals surface area contributed by atoms with E-state index in [1.165, 1.54) is 24.8 Å². The van der Waals surface area contributed by atoms with Gasteiger partial charge < -0.3 is 15.1 Å². The predicted octanol–water partition coefficient (Wildman–Crippen LogP) is 1.79. The van der Waals surface area contributed by atoms with Crippen molar-refractivity contribution >= 4 is 11.8 Å². The van der Waals surface area contributed by atoms with Gasteiger partial charge in [-0.25, -0.2) is 0 Å². The van der Waals surface area contributed by atoms with Crippen molar-refractivity contribution in [2.24, 2.45) is 0 Å². The molecule has 2 amide bonds. The summed E-state index contributed by atoms with van der Waals surface area (Å²) in [5, 5.41) is 2.88. The van der Waals surface area contributed by atoms with E-state index >= 15 is 0 Å². The van der Waals surface area contributed by atoms with Gasteiger partial charge >= 0.3 is 0 Å². The summed E-state index contributed by atoms with van der Waals surface area (Å²) < 4.78 is 0. The first kappa shape index (κ1) is 18.7. The van der Waals surface area contributed by atoms with E-state index < -0.39 is 0 Å². The van der Waals surface area contributed by atoms with Crippen LogP contribution in [0.4, 0.5) is 0 Å². The molecular formula is C17H31N3O2. The van der Waals surface area contributed by atoms with Gasteiger partial charge in [0.05, 0.1) is 0 Å². The fourth-order valence-electron chi connectivity index (χ4n) is 2.58. The lowest BCUT2D eigenvalue weighted by Crippen LogP contribution is -2.36. The zero-order chi connectivity index (χ0) is 16.4. The van der Waals surface area contributed by atoms with Crippen LogP contribution in [0.5, 0.6) is 0 Å². The Balaban J connectivity index is 2.26. The van der Waals surface area contributed by atoms with Crippen LogP contribution in [0.3, 0.4) is 0 Å². The third kappa shape index (κ3) is 8.17. The Labute approximate surface area is 134 Å². The fourth-order valence-corrected chi connectivity index (χ4v) is 2.58. The highest BCUT2D eigenvalue weighted by atomic mass is 16.2. The van der Waals surface area contributed by atoms with Crippen molar-refractivity contribution in [2.45, 2.75) is 45.4 Å². The maximum atomic E-state index is 11.8. The summed E-state index contributed by atoms with van der Waals surface area (Å²) in [7, 11) is 3.95. The van der Waals surface area contributed by atoms with Gasteiger partial charge in [0.25, 0.3) is 0 Å². The molecule has 0 fully saturated rings. The first-order valence-electron chi connectivity index (χ1n) is 8.34. The fraction of sp³-hybridized carbons (Fsp3) is 0.765. The largest absolute Gasteiger partial charge is 0.355 e. The second-order valence-electron chi connectivity index (χ2n) is 6.27. The Kier molecular flexibility index (Phi) is 8.82. The smallest absolute Gasteiger partial charge is 0.221 e. The second kappa shape index (κ2) is 10.4. The van der Waals surface area contributed by atoms with Crippen LogP contribution >= 0.6 is 0 Å². The van der Waals surface area contributed by atoms with Crippen LogP contribution in [0.15, 0.2) is 11.6 Å². The SMILES string of the molecule is CC(=O)N(CCC(=O)NCCN(C)C)CCC1=CCCCC1. The average Bonchev–Trinajstić information content (AvgIpc) is 2.47. The molecule has 22 heavy (non-hydrogen) atoms. The molecule has 1 rings (SSSR count).